The van der Waals surface area contributed by atoms with Gasteiger partial charge < -0.3 is 15.4 Å². The molecule has 0 spiro atoms. The number of amides is 2. The van der Waals surface area contributed by atoms with E-state index in [9.17, 15) is 22.8 Å². The summed E-state index contributed by atoms with van der Waals surface area (Å²) in [5.41, 5.74) is 5.05. The van der Waals surface area contributed by atoms with Crippen LogP contribution >= 0.6 is 0 Å². The highest BCUT2D eigenvalue weighted by molar-refractivity contribution is 5.96. The van der Waals surface area contributed by atoms with Gasteiger partial charge >= 0.3 is 6.18 Å². The first-order valence-corrected chi connectivity index (χ1v) is 7.60. The van der Waals surface area contributed by atoms with Gasteiger partial charge in [-0.25, -0.2) is 0 Å². The third-order valence-corrected chi connectivity index (χ3v) is 3.54. The molecule has 26 heavy (non-hydrogen) atoms. The van der Waals surface area contributed by atoms with E-state index >= 15 is 0 Å². The number of primary amides is 1. The van der Waals surface area contributed by atoms with Gasteiger partial charge in [0.1, 0.15) is 5.75 Å². The lowest BCUT2D eigenvalue weighted by Crippen LogP contribution is -2.27. The van der Waals surface area contributed by atoms with Crippen LogP contribution in [0.15, 0.2) is 48.5 Å². The first kappa shape index (κ1) is 19.3. The first-order chi connectivity index (χ1) is 12.2. The highest BCUT2D eigenvalue weighted by atomic mass is 19.4. The smallest absolute Gasteiger partial charge is 0.416 e. The number of hydrogen-bond donors (Lipinski definition) is 1. The van der Waals surface area contributed by atoms with Gasteiger partial charge in [-0.2, -0.15) is 13.2 Å². The minimum Gasteiger partial charge on any atom is -0.483 e. The number of carbonyl (C=O) groups excluding carboxylic acids is 2. The fraction of sp³-hybridized carbons (Fsp3) is 0.222. The maximum Gasteiger partial charge on any atom is 0.416 e. The highest BCUT2D eigenvalue weighted by Crippen LogP contribution is 2.29. The summed E-state index contributed by atoms with van der Waals surface area (Å²) in [6.45, 7) is -0.256. The lowest BCUT2D eigenvalue weighted by Gasteiger charge is -2.19. The number of ether oxygens (including phenoxy) is 1. The molecule has 0 radical (unpaired) electrons. The summed E-state index contributed by atoms with van der Waals surface area (Å²) in [7, 11) is 1.52. The number of para-hydroxylation sites is 1. The molecule has 0 saturated carbocycles. The Balaban J connectivity index is 2.11. The van der Waals surface area contributed by atoms with E-state index < -0.39 is 23.6 Å². The summed E-state index contributed by atoms with van der Waals surface area (Å²) in [5, 5.41) is 0. The van der Waals surface area contributed by atoms with E-state index in [1.165, 1.54) is 36.2 Å². The van der Waals surface area contributed by atoms with Gasteiger partial charge in [0.25, 0.3) is 11.8 Å². The lowest BCUT2D eigenvalue weighted by atomic mass is 10.1. The van der Waals surface area contributed by atoms with Crippen LogP contribution in [-0.2, 0) is 17.5 Å². The van der Waals surface area contributed by atoms with Crippen molar-refractivity contribution < 1.29 is 27.5 Å². The third kappa shape index (κ3) is 4.98. The second-order valence-electron chi connectivity index (χ2n) is 5.61. The fourth-order valence-corrected chi connectivity index (χ4v) is 2.27. The molecule has 0 atom stereocenters. The molecule has 5 nitrogen and oxygen atoms in total. The molecule has 2 aromatic rings. The number of nitrogens with two attached hydrogens (primary N) is 1. The Kier molecular flexibility index (Phi) is 5.86. The molecule has 0 saturated heterocycles. The van der Waals surface area contributed by atoms with Crippen molar-refractivity contribution in [3.63, 3.8) is 0 Å². The van der Waals surface area contributed by atoms with Crippen LogP contribution in [0.2, 0.25) is 0 Å². The van der Waals surface area contributed by atoms with Gasteiger partial charge in [0, 0.05) is 13.6 Å². The van der Waals surface area contributed by atoms with Crippen LogP contribution in [0.25, 0.3) is 0 Å². The van der Waals surface area contributed by atoms with Gasteiger partial charge in [-0.3, -0.25) is 9.59 Å². The molecule has 0 fully saturated rings. The van der Waals surface area contributed by atoms with Gasteiger partial charge in [0.05, 0.1) is 11.1 Å². The molecule has 8 heteroatoms. The number of hydrogen-bond acceptors (Lipinski definition) is 3. The van der Waals surface area contributed by atoms with Gasteiger partial charge in [0.15, 0.2) is 6.61 Å². The minimum atomic E-state index is -4.41. The SMILES string of the molecule is CN(Cc1ccc(C(F)(F)F)cc1)C(=O)c1ccccc1OCC(N)=O. The van der Waals surface area contributed by atoms with Gasteiger partial charge in [0.2, 0.25) is 0 Å². The predicted octanol–water partition coefficient (Wildman–Crippen LogP) is 2.84. The zero-order valence-corrected chi connectivity index (χ0v) is 13.9. The molecular formula is C18H17F3N2O3. The van der Waals surface area contributed by atoms with Crippen LogP contribution < -0.4 is 10.5 Å². The molecule has 0 aliphatic carbocycles. The molecule has 0 aromatic heterocycles. The van der Waals surface area contributed by atoms with Crippen LogP contribution in [0.3, 0.4) is 0 Å². The molecular weight excluding hydrogens is 349 g/mol. The average Bonchev–Trinajstić information content (AvgIpc) is 2.59. The van der Waals surface area contributed by atoms with Gasteiger partial charge in [-0.15, -0.1) is 0 Å². The van der Waals surface area contributed by atoms with E-state index in [2.05, 4.69) is 0 Å². The maximum atomic E-state index is 12.6. The number of carbonyl (C=O) groups is 2. The standard InChI is InChI=1S/C18H17F3N2O3/c1-23(10-12-6-8-13(9-7-12)18(19,20)21)17(25)14-4-2-3-5-15(14)26-11-16(22)24/h2-9H,10-11H2,1H3,(H2,22,24). The Morgan fingerprint density at radius 1 is 1.08 bits per heavy atom. The van der Waals surface area contributed by atoms with E-state index in [-0.39, 0.29) is 24.5 Å². The Hall–Kier alpha value is -3.03. The third-order valence-electron chi connectivity index (χ3n) is 3.54. The molecule has 2 amide bonds. The van der Waals surface area contributed by atoms with Crippen molar-refractivity contribution >= 4 is 11.8 Å². The first-order valence-electron chi connectivity index (χ1n) is 7.60. The summed E-state index contributed by atoms with van der Waals surface area (Å²) in [4.78, 5) is 24.8. The van der Waals surface area contributed by atoms with E-state index in [4.69, 9.17) is 10.5 Å². The van der Waals surface area contributed by atoms with Crippen molar-refractivity contribution in [2.75, 3.05) is 13.7 Å². The largest absolute Gasteiger partial charge is 0.483 e. The van der Waals surface area contributed by atoms with Crippen LogP contribution in [-0.4, -0.2) is 30.4 Å². The number of alkyl halides is 3. The summed E-state index contributed by atoms with van der Waals surface area (Å²) in [6.07, 6.45) is -4.41. The van der Waals surface area contributed by atoms with Crippen molar-refractivity contribution in [2.24, 2.45) is 5.73 Å². The normalized spacial score (nSPS) is 11.1. The molecule has 0 aliphatic rings. The van der Waals surface area contributed by atoms with Crippen molar-refractivity contribution in [3.8, 4) is 5.75 Å². The second-order valence-corrected chi connectivity index (χ2v) is 5.61. The Labute approximate surface area is 148 Å². The zero-order chi connectivity index (χ0) is 19.3. The summed E-state index contributed by atoms with van der Waals surface area (Å²) in [5.74, 6) is -0.870. The maximum absolute atomic E-state index is 12.6. The lowest BCUT2D eigenvalue weighted by molar-refractivity contribution is -0.137. The quantitative estimate of drug-likeness (QED) is 0.854. The number of benzene rings is 2. The van der Waals surface area contributed by atoms with Crippen LogP contribution in [0, 0.1) is 0 Å². The highest BCUT2D eigenvalue weighted by Gasteiger charge is 2.30. The van der Waals surface area contributed by atoms with Gasteiger partial charge in [-0.1, -0.05) is 24.3 Å². The number of halogens is 3. The number of nitrogens with zero attached hydrogens (tertiary/aromatic N) is 1. The van der Waals surface area contributed by atoms with Crippen LogP contribution in [0.5, 0.6) is 5.75 Å². The molecule has 0 heterocycles. The molecule has 2 aromatic carbocycles. The topological polar surface area (TPSA) is 72.6 Å². The van der Waals surface area contributed by atoms with Crippen LogP contribution in [0.4, 0.5) is 13.2 Å². The van der Waals surface area contributed by atoms with Crippen molar-refractivity contribution in [2.45, 2.75) is 12.7 Å². The molecule has 2 N–H and O–H groups in total. The summed E-state index contributed by atoms with van der Waals surface area (Å²) in [6, 6.07) is 10.9. The summed E-state index contributed by atoms with van der Waals surface area (Å²) >= 11 is 0. The second kappa shape index (κ2) is 7.90. The van der Waals surface area contributed by atoms with E-state index in [0.717, 1.165) is 12.1 Å². The molecule has 0 aliphatic heterocycles. The Morgan fingerprint density at radius 3 is 2.27 bits per heavy atom. The Bertz CT molecular complexity index is 789. The fourth-order valence-electron chi connectivity index (χ4n) is 2.27. The van der Waals surface area contributed by atoms with Crippen molar-refractivity contribution in [1.82, 2.24) is 4.90 Å². The van der Waals surface area contributed by atoms with Crippen molar-refractivity contribution in [3.05, 3.63) is 65.2 Å². The molecule has 0 unspecified atom stereocenters. The zero-order valence-electron chi connectivity index (χ0n) is 13.9. The van der Waals surface area contributed by atoms with Gasteiger partial charge in [-0.05, 0) is 29.8 Å². The number of rotatable bonds is 6. The monoisotopic (exact) mass is 366 g/mol. The van der Waals surface area contributed by atoms with E-state index in [1.807, 2.05) is 0 Å². The minimum absolute atomic E-state index is 0.112. The summed E-state index contributed by atoms with van der Waals surface area (Å²) < 4.78 is 43.0. The van der Waals surface area contributed by atoms with E-state index in [1.54, 1.807) is 12.1 Å². The molecule has 0 bridgehead atoms. The van der Waals surface area contributed by atoms with Crippen molar-refractivity contribution in [1.29, 1.82) is 0 Å². The van der Waals surface area contributed by atoms with Crippen LogP contribution in [0.1, 0.15) is 21.5 Å². The average molecular weight is 366 g/mol. The molecule has 138 valence electrons. The molecule has 2 rings (SSSR count). The Morgan fingerprint density at radius 2 is 1.69 bits per heavy atom. The van der Waals surface area contributed by atoms with E-state index in [0.29, 0.717) is 5.56 Å². The predicted molar refractivity (Wildman–Crippen MR) is 88.4 cm³/mol.